The van der Waals surface area contributed by atoms with Crippen molar-refractivity contribution in [2.75, 3.05) is 18.4 Å². The standard InChI is InChI=1S/C16H19BrN4O/c1-4-21(5-2)15(22)14-8-9-18-16(20-14)19-13-7-6-12(17)10-11(13)3/h6-10H,4-5H2,1-3H3,(H,18,19,20). The molecule has 116 valence electrons. The number of hydrogen-bond donors (Lipinski definition) is 1. The summed E-state index contributed by atoms with van der Waals surface area (Å²) in [4.78, 5) is 22.6. The molecule has 1 N–H and O–H groups in total. The van der Waals surface area contributed by atoms with Crippen molar-refractivity contribution in [2.45, 2.75) is 20.8 Å². The number of aryl methyl sites for hydroxylation is 1. The second kappa shape index (κ2) is 7.35. The van der Waals surface area contributed by atoms with Gasteiger partial charge in [0.15, 0.2) is 0 Å². The molecular weight excluding hydrogens is 344 g/mol. The van der Waals surface area contributed by atoms with Crippen LogP contribution in [0.3, 0.4) is 0 Å². The van der Waals surface area contributed by atoms with E-state index in [9.17, 15) is 4.79 Å². The first-order chi connectivity index (χ1) is 10.5. The Kier molecular flexibility index (Phi) is 5.49. The maximum atomic E-state index is 12.3. The zero-order valence-corrected chi connectivity index (χ0v) is 14.5. The lowest BCUT2D eigenvalue weighted by Gasteiger charge is -2.18. The second-order valence-corrected chi connectivity index (χ2v) is 5.74. The number of nitrogens with one attached hydrogen (secondary N) is 1. The van der Waals surface area contributed by atoms with Gasteiger partial charge in [0.25, 0.3) is 5.91 Å². The Bertz CT molecular complexity index is 671. The van der Waals surface area contributed by atoms with E-state index in [1.165, 1.54) is 0 Å². The van der Waals surface area contributed by atoms with Crippen LogP contribution in [0.4, 0.5) is 11.6 Å². The molecule has 2 rings (SSSR count). The first kappa shape index (κ1) is 16.4. The van der Waals surface area contributed by atoms with Gasteiger partial charge in [0, 0.05) is 29.4 Å². The predicted molar refractivity (Wildman–Crippen MR) is 91.4 cm³/mol. The molecule has 22 heavy (non-hydrogen) atoms. The van der Waals surface area contributed by atoms with Crippen LogP contribution in [0.2, 0.25) is 0 Å². The van der Waals surface area contributed by atoms with Gasteiger partial charge in [-0.3, -0.25) is 4.79 Å². The second-order valence-electron chi connectivity index (χ2n) is 4.83. The number of halogens is 1. The fraction of sp³-hybridized carbons (Fsp3) is 0.312. The molecular formula is C16H19BrN4O. The fourth-order valence-corrected chi connectivity index (χ4v) is 2.57. The molecule has 6 heteroatoms. The summed E-state index contributed by atoms with van der Waals surface area (Å²) in [5.41, 5.74) is 2.38. The van der Waals surface area contributed by atoms with E-state index in [0.29, 0.717) is 24.7 Å². The van der Waals surface area contributed by atoms with Crippen LogP contribution < -0.4 is 5.32 Å². The zero-order chi connectivity index (χ0) is 16.1. The molecule has 0 spiro atoms. The van der Waals surface area contributed by atoms with Crippen LogP contribution in [0.15, 0.2) is 34.9 Å². The van der Waals surface area contributed by atoms with E-state index in [4.69, 9.17) is 0 Å². The van der Waals surface area contributed by atoms with Crippen molar-refractivity contribution in [3.05, 3.63) is 46.2 Å². The van der Waals surface area contributed by atoms with Crippen LogP contribution in [0.5, 0.6) is 0 Å². The molecule has 0 saturated heterocycles. The van der Waals surface area contributed by atoms with Crippen LogP contribution in [0, 0.1) is 6.92 Å². The number of benzene rings is 1. The lowest BCUT2D eigenvalue weighted by molar-refractivity contribution is 0.0767. The van der Waals surface area contributed by atoms with E-state index >= 15 is 0 Å². The molecule has 1 aromatic carbocycles. The van der Waals surface area contributed by atoms with Crippen molar-refractivity contribution in [1.82, 2.24) is 14.9 Å². The third-order valence-electron chi connectivity index (χ3n) is 3.36. The van der Waals surface area contributed by atoms with E-state index in [0.717, 1.165) is 15.7 Å². The monoisotopic (exact) mass is 362 g/mol. The van der Waals surface area contributed by atoms with Crippen molar-refractivity contribution >= 4 is 33.5 Å². The molecule has 5 nitrogen and oxygen atoms in total. The average molecular weight is 363 g/mol. The predicted octanol–water partition coefficient (Wildman–Crippen LogP) is 3.77. The van der Waals surface area contributed by atoms with E-state index in [2.05, 4.69) is 31.2 Å². The maximum absolute atomic E-state index is 12.3. The third-order valence-corrected chi connectivity index (χ3v) is 3.85. The van der Waals surface area contributed by atoms with Crippen molar-refractivity contribution in [2.24, 2.45) is 0 Å². The van der Waals surface area contributed by atoms with Gasteiger partial charge in [0.05, 0.1) is 0 Å². The smallest absolute Gasteiger partial charge is 0.272 e. The molecule has 0 radical (unpaired) electrons. The number of aromatic nitrogens is 2. The summed E-state index contributed by atoms with van der Waals surface area (Å²) in [6.07, 6.45) is 1.60. The van der Waals surface area contributed by atoms with Crippen molar-refractivity contribution in [3.8, 4) is 0 Å². The maximum Gasteiger partial charge on any atom is 0.272 e. The van der Waals surface area contributed by atoms with Gasteiger partial charge in [-0.2, -0.15) is 0 Å². The van der Waals surface area contributed by atoms with Gasteiger partial charge in [-0.1, -0.05) is 15.9 Å². The number of hydrogen-bond acceptors (Lipinski definition) is 4. The van der Waals surface area contributed by atoms with Crippen LogP contribution in [-0.2, 0) is 0 Å². The van der Waals surface area contributed by atoms with Crippen LogP contribution in [0.25, 0.3) is 0 Å². The molecule has 0 saturated carbocycles. The molecule has 1 heterocycles. The quantitative estimate of drug-likeness (QED) is 0.879. The van der Waals surface area contributed by atoms with Crippen molar-refractivity contribution in [1.29, 1.82) is 0 Å². The van der Waals surface area contributed by atoms with Gasteiger partial charge in [-0.25, -0.2) is 9.97 Å². The molecule has 0 aliphatic carbocycles. The van der Waals surface area contributed by atoms with Crippen LogP contribution in [0.1, 0.15) is 29.9 Å². The lowest BCUT2D eigenvalue weighted by atomic mass is 10.2. The Hall–Kier alpha value is -1.95. The Morgan fingerprint density at radius 1 is 1.27 bits per heavy atom. The van der Waals surface area contributed by atoms with Crippen LogP contribution >= 0.6 is 15.9 Å². The lowest BCUT2D eigenvalue weighted by Crippen LogP contribution is -2.31. The molecule has 0 atom stereocenters. The van der Waals surface area contributed by atoms with E-state index in [1.807, 2.05) is 39.0 Å². The Morgan fingerprint density at radius 3 is 2.64 bits per heavy atom. The number of carbonyl (C=O) groups is 1. The van der Waals surface area contributed by atoms with Gasteiger partial charge in [-0.05, 0) is 50.6 Å². The van der Waals surface area contributed by atoms with Crippen molar-refractivity contribution < 1.29 is 4.79 Å². The van der Waals surface area contributed by atoms with Gasteiger partial charge in [0.1, 0.15) is 5.69 Å². The normalized spacial score (nSPS) is 10.4. The number of anilines is 2. The summed E-state index contributed by atoms with van der Waals surface area (Å²) < 4.78 is 1.02. The average Bonchev–Trinajstić information content (AvgIpc) is 2.51. The molecule has 1 amide bonds. The Labute approximate surface area is 138 Å². The van der Waals surface area contributed by atoms with E-state index < -0.39 is 0 Å². The van der Waals surface area contributed by atoms with Crippen molar-refractivity contribution in [3.63, 3.8) is 0 Å². The first-order valence-corrected chi connectivity index (χ1v) is 8.00. The Morgan fingerprint density at radius 2 is 2.00 bits per heavy atom. The summed E-state index contributed by atoms with van der Waals surface area (Å²) >= 11 is 3.43. The first-order valence-electron chi connectivity index (χ1n) is 7.20. The zero-order valence-electron chi connectivity index (χ0n) is 12.9. The fourth-order valence-electron chi connectivity index (χ4n) is 2.10. The number of nitrogens with zero attached hydrogens (tertiary/aromatic N) is 3. The summed E-state index contributed by atoms with van der Waals surface area (Å²) in [6.45, 7) is 7.22. The van der Waals surface area contributed by atoms with E-state index in [-0.39, 0.29) is 5.91 Å². The summed E-state index contributed by atoms with van der Waals surface area (Å²) in [6, 6.07) is 7.54. The molecule has 0 aliphatic heterocycles. The highest BCUT2D eigenvalue weighted by molar-refractivity contribution is 9.10. The third kappa shape index (κ3) is 3.82. The number of rotatable bonds is 5. The molecule has 0 aliphatic rings. The highest BCUT2D eigenvalue weighted by atomic mass is 79.9. The summed E-state index contributed by atoms with van der Waals surface area (Å²) in [5.74, 6) is 0.339. The van der Waals surface area contributed by atoms with Gasteiger partial charge in [0.2, 0.25) is 5.95 Å². The number of carbonyl (C=O) groups excluding carboxylic acids is 1. The molecule has 1 aromatic heterocycles. The van der Waals surface area contributed by atoms with E-state index in [1.54, 1.807) is 17.2 Å². The molecule has 2 aromatic rings. The molecule has 0 fully saturated rings. The van der Waals surface area contributed by atoms with Gasteiger partial charge < -0.3 is 10.2 Å². The molecule has 0 unspecified atom stereocenters. The summed E-state index contributed by atoms with van der Waals surface area (Å²) in [7, 11) is 0. The van der Waals surface area contributed by atoms with Crippen LogP contribution in [-0.4, -0.2) is 33.9 Å². The minimum atomic E-state index is -0.0806. The minimum absolute atomic E-state index is 0.0806. The minimum Gasteiger partial charge on any atom is -0.338 e. The van der Waals surface area contributed by atoms with Gasteiger partial charge in [-0.15, -0.1) is 0 Å². The highest BCUT2D eigenvalue weighted by Gasteiger charge is 2.14. The SMILES string of the molecule is CCN(CC)C(=O)c1ccnc(Nc2ccc(Br)cc2C)n1. The molecule has 0 bridgehead atoms. The number of amides is 1. The Balaban J connectivity index is 2.23. The highest BCUT2D eigenvalue weighted by Crippen LogP contribution is 2.22. The van der Waals surface area contributed by atoms with Gasteiger partial charge >= 0.3 is 0 Å². The largest absolute Gasteiger partial charge is 0.338 e. The summed E-state index contributed by atoms with van der Waals surface area (Å²) in [5, 5.41) is 3.16. The topological polar surface area (TPSA) is 58.1 Å².